The number of nitrogens with one attached hydrogen (secondary N) is 1. The zero-order valence-electron chi connectivity index (χ0n) is 41.8. The Labute approximate surface area is 383 Å². The first kappa shape index (κ1) is 60.4. The molecular weight excluding hydrogens is 751 g/mol. The zero-order chi connectivity index (χ0) is 44.4. The second kappa shape index (κ2) is 52.0. The maximum absolute atomic E-state index is 12.5. The van der Waals surface area contributed by atoms with Gasteiger partial charge in [0, 0.05) is 0 Å². The molecule has 1 amide bonds. The summed E-state index contributed by atoms with van der Waals surface area (Å²) in [5, 5.41) is 33.6. The van der Waals surface area contributed by atoms with Crippen LogP contribution in [0.4, 0.5) is 0 Å². The van der Waals surface area contributed by atoms with Crippen LogP contribution in [0.2, 0.25) is 0 Å². The third kappa shape index (κ3) is 48.6. The van der Waals surface area contributed by atoms with Crippen LogP contribution in [-0.2, 0) is 4.79 Å². The van der Waals surface area contributed by atoms with E-state index in [-0.39, 0.29) is 18.9 Å². The van der Waals surface area contributed by atoms with Crippen LogP contribution in [0.25, 0.3) is 0 Å². The van der Waals surface area contributed by atoms with Crippen molar-refractivity contribution in [3.63, 3.8) is 0 Å². The van der Waals surface area contributed by atoms with E-state index >= 15 is 0 Å². The summed E-state index contributed by atoms with van der Waals surface area (Å²) in [5.41, 5.74) is 0. The molecule has 61 heavy (non-hydrogen) atoms. The van der Waals surface area contributed by atoms with E-state index in [9.17, 15) is 20.1 Å². The lowest BCUT2D eigenvalue weighted by Crippen LogP contribution is -2.46. The highest BCUT2D eigenvalue weighted by Gasteiger charge is 2.21. The zero-order valence-corrected chi connectivity index (χ0v) is 41.8. The van der Waals surface area contributed by atoms with Gasteiger partial charge in [0.25, 0.3) is 0 Å². The molecule has 0 aliphatic carbocycles. The predicted octanol–water partition coefficient (Wildman–Crippen LogP) is 17.3. The molecule has 0 saturated carbocycles. The van der Waals surface area contributed by atoms with Gasteiger partial charge < -0.3 is 20.6 Å². The van der Waals surface area contributed by atoms with Crippen molar-refractivity contribution >= 4 is 5.91 Å². The van der Waals surface area contributed by atoms with Gasteiger partial charge in [-0.25, -0.2) is 0 Å². The molecule has 0 aliphatic rings. The molecule has 0 bridgehead atoms. The molecule has 0 saturated heterocycles. The Morgan fingerprint density at radius 2 is 0.557 bits per heavy atom. The highest BCUT2D eigenvalue weighted by molar-refractivity contribution is 5.76. The molecule has 4 N–H and O–H groups in total. The van der Waals surface area contributed by atoms with Crippen LogP contribution >= 0.6 is 0 Å². The van der Waals surface area contributed by atoms with Crippen LogP contribution in [0.3, 0.4) is 0 Å². The van der Waals surface area contributed by atoms with Crippen LogP contribution in [-0.4, -0.2) is 46.1 Å². The molecule has 5 heteroatoms. The third-order valence-electron chi connectivity index (χ3n) is 13.7. The van der Waals surface area contributed by atoms with Gasteiger partial charge in [-0.05, 0) is 12.8 Å². The Morgan fingerprint density at radius 1 is 0.344 bits per heavy atom. The summed E-state index contributed by atoms with van der Waals surface area (Å²) in [6, 6.07) is -0.653. The van der Waals surface area contributed by atoms with Crippen LogP contribution in [0.5, 0.6) is 0 Å². The Morgan fingerprint density at radius 3 is 0.787 bits per heavy atom. The van der Waals surface area contributed by atoms with Crippen molar-refractivity contribution in [1.82, 2.24) is 5.32 Å². The molecule has 0 fully saturated rings. The molecule has 0 aromatic rings. The quantitative estimate of drug-likeness (QED) is 0.0459. The summed E-state index contributed by atoms with van der Waals surface area (Å²) in [6.07, 6.45) is 62.7. The molecular formula is C56H113NO4. The number of amides is 1. The van der Waals surface area contributed by atoms with E-state index in [0.29, 0.717) is 12.8 Å². The molecule has 0 spiro atoms. The number of unbranched alkanes of at least 4 members (excludes halogenated alkanes) is 44. The summed E-state index contributed by atoms with van der Waals surface area (Å²) in [4.78, 5) is 12.5. The maximum Gasteiger partial charge on any atom is 0.222 e. The Bertz CT molecular complexity index is 822. The van der Waals surface area contributed by atoms with E-state index in [1.165, 1.54) is 270 Å². The van der Waals surface area contributed by atoms with Gasteiger partial charge >= 0.3 is 0 Å². The van der Waals surface area contributed by atoms with Gasteiger partial charge in [0.2, 0.25) is 5.91 Å². The number of aliphatic hydroxyl groups excluding tert-OH is 3. The molecule has 0 aliphatic heterocycles. The summed E-state index contributed by atoms with van der Waals surface area (Å²) in [5.74, 6) is -0.275. The topological polar surface area (TPSA) is 89.8 Å². The molecule has 0 radical (unpaired) electrons. The standard InChI is InChI=1S/C56H113NO4/c1-3-5-7-9-11-13-15-17-19-21-22-23-24-25-26-27-28-29-30-31-32-33-34-35-37-39-41-43-45-47-49-53(59)51-56(61)57-54(52-58)55(60)50-48-46-44-42-40-38-36-20-18-16-14-12-10-8-6-4-2/h53-55,58-60H,3-52H2,1-2H3,(H,57,61). The minimum atomic E-state index is -0.744. The van der Waals surface area contributed by atoms with Gasteiger partial charge in [-0.3, -0.25) is 4.79 Å². The molecule has 0 heterocycles. The summed E-state index contributed by atoms with van der Waals surface area (Å²) < 4.78 is 0. The molecule has 5 nitrogen and oxygen atoms in total. The Balaban J connectivity index is 3.45. The summed E-state index contributed by atoms with van der Waals surface area (Å²) >= 11 is 0. The second-order valence-corrected chi connectivity index (χ2v) is 19.9. The van der Waals surface area contributed by atoms with Gasteiger partial charge in [-0.1, -0.05) is 309 Å². The van der Waals surface area contributed by atoms with E-state index in [4.69, 9.17) is 0 Å². The fourth-order valence-electron chi connectivity index (χ4n) is 9.35. The lowest BCUT2D eigenvalue weighted by atomic mass is 10.0. The van der Waals surface area contributed by atoms with E-state index in [1.807, 2.05) is 0 Å². The van der Waals surface area contributed by atoms with Crippen molar-refractivity contribution in [2.75, 3.05) is 6.61 Å². The van der Waals surface area contributed by atoms with Gasteiger partial charge in [0.15, 0.2) is 0 Å². The van der Waals surface area contributed by atoms with Crippen LogP contribution in [0.15, 0.2) is 0 Å². The van der Waals surface area contributed by atoms with Crippen LogP contribution in [0.1, 0.15) is 328 Å². The van der Waals surface area contributed by atoms with Gasteiger partial charge in [0.1, 0.15) is 0 Å². The number of hydrogen-bond donors (Lipinski definition) is 4. The normalized spacial score (nSPS) is 13.2. The fraction of sp³-hybridized carbons (Fsp3) is 0.982. The molecule has 3 atom stereocenters. The van der Waals surface area contributed by atoms with Crippen molar-refractivity contribution in [1.29, 1.82) is 0 Å². The number of aliphatic hydroxyl groups is 3. The number of carbonyl (C=O) groups is 1. The van der Waals surface area contributed by atoms with Crippen LogP contribution in [0, 0.1) is 0 Å². The number of rotatable bonds is 53. The van der Waals surface area contributed by atoms with Gasteiger partial charge in [-0.2, -0.15) is 0 Å². The Hall–Kier alpha value is -0.650. The minimum Gasteiger partial charge on any atom is -0.394 e. The Kier molecular flexibility index (Phi) is 51.4. The third-order valence-corrected chi connectivity index (χ3v) is 13.7. The lowest BCUT2D eigenvalue weighted by molar-refractivity contribution is -0.125. The van der Waals surface area contributed by atoms with E-state index < -0.39 is 18.2 Å². The first-order valence-corrected chi connectivity index (χ1v) is 28.3. The number of hydrogen-bond acceptors (Lipinski definition) is 4. The maximum atomic E-state index is 12.5. The van der Waals surface area contributed by atoms with E-state index in [0.717, 1.165) is 25.7 Å². The molecule has 3 unspecified atom stereocenters. The van der Waals surface area contributed by atoms with Crippen molar-refractivity contribution in [2.24, 2.45) is 0 Å². The van der Waals surface area contributed by atoms with Gasteiger partial charge in [-0.15, -0.1) is 0 Å². The second-order valence-electron chi connectivity index (χ2n) is 19.9. The highest BCUT2D eigenvalue weighted by Crippen LogP contribution is 2.19. The van der Waals surface area contributed by atoms with E-state index in [2.05, 4.69) is 19.2 Å². The van der Waals surface area contributed by atoms with Crippen molar-refractivity contribution < 1.29 is 20.1 Å². The minimum absolute atomic E-state index is 0.0435. The van der Waals surface area contributed by atoms with Crippen molar-refractivity contribution in [3.8, 4) is 0 Å². The SMILES string of the molecule is CCCCCCCCCCCCCCCCCCCCCCCCCCCCCCCCC(O)CC(=O)NC(CO)C(O)CCCCCCCCCCCCCCCCCC. The van der Waals surface area contributed by atoms with Crippen molar-refractivity contribution in [3.05, 3.63) is 0 Å². The smallest absolute Gasteiger partial charge is 0.222 e. The monoisotopic (exact) mass is 864 g/mol. The van der Waals surface area contributed by atoms with E-state index in [1.54, 1.807) is 0 Å². The molecule has 0 aromatic heterocycles. The average molecular weight is 865 g/mol. The van der Waals surface area contributed by atoms with Gasteiger partial charge in [0.05, 0.1) is 31.3 Å². The number of carbonyl (C=O) groups excluding carboxylic acids is 1. The first-order chi connectivity index (χ1) is 30.0. The summed E-state index contributed by atoms with van der Waals surface area (Å²) in [7, 11) is 0. The fourth-order valence-corrected chi connectivity index (χ4v) is 9.35. The van der Waals surface area contributed by atoms with Crippen molar-refractivity contribution in [2.45, 2.75) is 347 Å². The molecule has 0 aromatic carbocycles. The molecule has 0 rings (SSSR count). The highest BCUT2D eigenvalue weighted by atomic mass is 16.3. The van der Waals surface area contributed by atoms with Crippen LogP contribution < -0.4 is 5.32 Å². The largest absolute Gasteiger partial charge is 0.394 e. The lowest BCUT2D eigenvalue weighted by Gasteiger charge is -2.23. The predicted molar refractivity (Wildman–Crippen MR) is 269 cm³/mol. The molecule has 366 valence electrons. The average Bonchev–Trinajstić information content (AvgIpc) is 3.25. The first-order valence-electron chi connectivity index (χ1n) is 28.3. The summed E-state index contributed by atoms with van der Waals surface area (Å²) in [6.45, 7) is 4.30.